The summed E-state index contributed by atoms with van der Waals surface area (Å²) < 4.78 is 0. The largest absolute Gasteiger partial charge is 0.368 e. The standard InChI is InChI=1S/C14H28N4O/c1-14(16-2,13(15)19)6-4-7-17-9-10-18-8-3-5-12(18)11-17/h12,16H,3-11H2,1-2H3,(H2,15,19). The van der Waals surface area contributed by atoms with Crippen LogP contribution in [0, 0.1) is 0 Å². The normalized spacial score (nSPS) is 28.0. The number of carbonyl (C=O) groups is 1. The Bertz CT molecular complexity index is 323. The van der Waals surface area contributed by atoms with E-state index in [9.17, 15) is 4.79 Å². The molecule has 0 aromatic heterocycles. The minimum absolute atomic E-state index is 0.254. The number of hydrogen-bond acceptors (Lipinski definition) is 4. The van der Waals surface area contributed by atoms with Gasteiger partial charge in [0, 0.05) is 25.7 Å². The maximum Gasteiger partial charge on any atom is 0.237 e. The van der Waals surface area contributed by atoms with Crippen LogP contribution in [0.15, 0.2) is 0 Å². The molecule has 19 heavy (non-hydrogen) atoms. The third kappa shape index (κ3) is 3.46. The number of amides is 1. The molecule has 0 aromatic carbocycles. The van der Waals surface area contributed by atoms with Gasteiger partial charge >= 0.3 is 0 Å². The van der Waals surface area contributed by atoms with Crippen LogP contribution in [0.3, 0.4) is 0 Å². The summed E-state index contributed by atoms with van der Waals surface area (Å²) in [5.74, 6) is -0.254. The predicted molar refractivity (Wildman–Crippen MR) is 76.9 cm³/mol. The maximum absolute atomic E-state index is 11.4. The van der Waals surface area contributed by atoms with Crippen molar-refractivity contribution in [1.82, 2.24) is 15.1 Å². The van der Waals surface area contributed by atoms with Crippen LogP contribution in [-0.2, 0) is 4.79 Å². The zero-order valence-electron chi connectivity index (χ0n) is 12.3. The van der Waals surface area contributed by atoms with Crippen LogP contribution >= 0.6 is 0 Å². The lowest BCUT2D eigenvalue weighted by Gasteiger charge is -2.38. The molecular formula is C14H28N4O. The van der Waals surface area contributed by atoms with Gasteiger partial charge in [-0.3, -0.25) is 9.69 Å². The molecule has 5 heteroatoms. The zero-order valence-corrected chi connectivity index (χ0v) is 12.3. The summed E-state index contributed by atoms with van der Waals surface area (Å²) >= 11 is 0. The van der Waals surface area contributed by atoms with E-state index in [0.29, 0.717) is 0 Å². The van der Waals surface area contributed by atoms with Gasteiger partial charge in [0.15, 0.2) is 0 Å². The molecule has 0 bridgehead atoms. The Balaban J connectivity index is 1.72. The van der Waals surface area contributed by atoms with Gasteiger partial charge in [0.05, 0.1) is 5.54 Å². The fourth-order valence-electron chi connectivity index (χ4n) is 3.29. The van der Waals surface area contributed by atoms with Gasteiger partial charge in [-0.15, -0.1) is 0 Å². The Kier molecular flexibility index (Phi) is 4.81. The summed E-state index contributed by atoms with van der Waals surface area (Å²) in [5, 5.41) is 3.05. The minimum atomic E-state index is -0.560. The van der Waals surface area contributed by atoms with Crippen LogP contribution in [0.1, 0.15) is 32.6 Å². The average molecular weight is 268 g/mol. The molecule has 2 rings (SSSR count). The van der Waals surface area contributed by atoms with Crippen LogP contribution in [0.4, 0.5) is 0 Å². The third-order valence-electron chi connectivity index (χ3n) is 4.92. The zero-order chi connectivity index (χ0) is 13.9. The van der Waals surface area contributed by atoms with Crippen molar-refractivity contribution < 1.29 is 4.79 Å². The average Bonchev–Trinajstić information content (AvgIpc) is 2.85. The van der Waals surface area contributed by atoms with Crippen molar-refractivity contribution in [2.45, 2.75) is 44.2 Å². The first-order chi connectivity index (χ1) is 9.05. The molecule has 2 atom stereocenters. The van der Waals surface area contributed by atoms with Crippen LogP contribution in [0.2, 0.25) is 0 Å². The summed E-state index contributed by atoms with van der Waals surface area (Å²) in [6.45, 7) is 7.84. The third-order valence-corrected chi connectivity index (χ3v) is 4.92. The lowest BCUT2D eigenvalue weighted by atomic mass is 9.95. The van der Waals surface area contributed by atoms with Crippen LogP contribution < -0.4 is 11.1 Å². The SMILES string of the molecule is CNC(C)(CCCN1CCN2CCCC2C1)C(N)=O. The summed E-state index contributed by atoms with van der Waals surface area (Å²) in [5.41, 5.74) is 4.89. The number of nitrogens with two attached hydrogens (primary N) is 1. The van der Waals surface area contributed by atoms with Crippen molar-refractivity contribution in [2.24, 2.45) is 5.73 Å². The molecule has 3 N–H and O–H groups in total. The van der Waals surface area contributed by atoms with Crippen molar-refractivity contribution in [2.75, 3.05) is 39.8 Å². The van der Waals surface area contributed by atoms with Crippen molar-refractivity contribution in [3.8, 4) is 0 Å². The van der Waals surface area contributed by atoms with Crippen LogP contribution in [0.5, 0.6) is 0 Å². The van der Waals surface area contributed by atoms with Crippen molar-refractivity contribution >= 4 is 5.91 Å². The molecule has 2 fully saturated rings. The van der Waals surface area contributed by atoms with E-state index in [2.05, 4.69) is 15.1 Å². The summed E-state index contributed by atoms with van der Waals surface area (Å²) in [6.07, 6.45) is 4.54. The van der Waals surface area contributed by atoms with Crippen LogP contribution in [-0.4, -0.2) is 67.1 Å². The Hall–Kier alpha value is -0.650. The van der Waals surface area contributed by atoms with Crippen LogP contribution in [0.25, 0.3) is 0 Å². The highest BCUT2D eigenvalue weighted by molar-refractivity contribution is 5.84. The number of nitrogens with zero attached hydrogens (tertiary/aromatic N) is 2. The second-order valence-electron chi connectivity index (χ2n) is 6.18. The van der Waals surface area contributed by atoms with E-state index in [4.69, 9.17) is 5.73 Å². The Morgan fingerprint density at radius 3 is 2.89 bits per heavy atom. The molecule has 0 saturated carbocycles. The first kappa shape index (κ1) is 14.8. The minimum Gasteiger partial charge on any atom is -0.368 e. The number of nitrogens with one attached hydrogen (secondary N) is 1. The van der Waals surface area contributed by atoms with E-state index < -0.39 is 5.54 Å². The van der Waals surface area contributed by atoms with E-state index in [-0.39, 0.29) is 5.91 Å². The monoisotopic (exact) mass is 268 g/mol. The molecule has 2 unspecified atom stereocenters. The fourth-order valence-corrected chi connectivity index (χ4v) is 3.29. The van der Waals surface area contributed by atoms with E-state index in [1.807, 2.05) is 14.0 Å². The molecule has 0 aromatic rings. The van der Waals surface area contributed by atoms with Gasteiger partial charge in [-0.2, -0.15) is 0 Å². The Labute approximate surface area is 116 Å². The van der Waals surface area contributed by atoms with Gasteiger partial charge in [-0.25, -0.2) is 0 Å². The van der Waals surface area contributed by atoms with Gasteiger partial charge in [-0.05, 0) is 52.7 Å². The number of fused-ring (bicyclic) bond motifs is 1. The number of hydrogen-bond donors (Lipinski definition) is 2. The van der Waals surface area contributed by atoms with E-state index >= 15 is 0 Å². The number of primary amides is 1. The first-order valence-electron chi connectivity index (χ1n) is 7.50. The summed E-state index contributed by atoms with van der Waals surface area (Å²) in [7, 11) is 1.81. The number of piperazine rings is 1. The molecule has 1 amide bonds. The molecule has 2 heterocycles. The molecule has 2 saturated heterocycles. The summed E-state index contributed by atoms with van der Waals surface area (Å²) in [4.78, 5) is 16.6. The quantitative estimate of drug-likeness (QED) is 0.712. The Morgan fingerprint density at radius 1 is 1.42 bits per heavy atom. The molecule has 2 aliphatic heterocycles. The van der Waals surface area contributed by atoms with Gasteiger partial charge < -0.3 is 16.0 Å². The Morgan fingerprint density at radius 2 is 2.21 bits per heavy atom. The van der Waals surface area contributed by atoms with E-state index in [0.717, 1.165) is 25.4 Å². The van der Waals surface area contributed by atoms with Crippen molar-refractivity contribution in [1.29, 1.82) is 0 Å². The molecule has 0 spiro atoms. The molecule has 5 nitrogen and oxygen atoms in total. The van der Waals surface area contributed by atoms with Crippen molar-refractivity contribution in [3.05, 3.63) is 0 Å². The first-order valence-corrected chi connectivity index (χ1v) is 7.50. The van der Waals surface area contributed by atoms with Gasteiger partial charge in [-0.1, -0.05) is 0 Å². The topological polar surface area (TPSA) is 61.6 Å². The van der Waals surface area contributed by atoms with E-state index in [1.54, 1.807) is 0 Å². The number of likely N-dealkylation sites (N-methyl/N-ethyl adjacent to an activating group) is 1. The maximum atomic E-state index is 11.4. The number of rotatable bonds is 6. The molecular weight excluding hydrogens is 240 g/mol. The highest BCUT2D eigenvalue weighted by Gasteiger charge is 2.31. The fraction of sp³-hybridized carbons (Fsp3) is 0.929. The smallest absolute Gasteiger partial charge is 0.237 e. The number of carbonyl (C=O) groups excluding carboxylic acids is 1. The van der Waals surface area contributed by atoms with Gasteiger partial charge in [0.25, 0.3) is 0 Å². The predicted octanol–water partition coefficient (Wildman–Crippen LogP) is 0.0100. The lowest BCUT2D eigenvalue weighted by Crippen LogP contribution is -2.53. The summed E-state index contributed by atoms with van der Waals surface area (Å²) in [6, 6.07) is 0.778. The van der Waals surface area contributed by atoms with Gasteiger partial charge in [0.2, 0.25) is 5.91 Å². The molecule has 110 valence electrons. The highest BCUT2D eigenvalue weighted by atomic mass is 16.1. The second kappa shape index (κ2) is 6.20. The molecule has 0 aliphatic carbocycles. The second-order valence-corrected chi connectivity index (χ2v) is 6.18. The van der Waals surface area contributed by atoms with Crippen molar-refractivity contribution in [3.63, 3.8) is 0 Å². The van der Waals surface area contributed by atoms with Gasteiger partial charge in [0.1, 0.15) is 0 Å². The molecule has 0 radical (unpaired) electrons. The lowest BCUT2D eigenvalue weighted by molar-refractivity contribution is -0.123. The highest BCUT2D eigenvalue weighted by Crippen LogP contribution is 2.22. The van der Waals surface area contributed by atoms with E-state index in [1.165, 1.54) is 39.0 Å². The molecule has 2 aliphatic rings.